The molecule has 0 saturated carbocycles. The quantitative estimate of drug-likeness (QED) is 0.102. The Hall–Kier alpha value is -4.41. The summed E-state index contributed by atoms with van der Waals surface area (Å²) in [7, 11) is 0. The molecule has 1 heterocycles. The summed E-state index contributed by atoms with van der Waals surface area (Å²) in [5.74, 6) is -0.980. The molecule has 3 N–H and O–H groups in total. The van der Waals surface area contributed by atoms with Crippen LogP contribution in [-0.4, -0.2) is 28.5 Å². The van der Waals surface area contributed by atoms with Crippen LogP contribution in [-0.2, 0) is 9.59 Å². The lowest BCUT2D eigenvalue weighted by Crippen LogP contribution is -2.30. The molecule has 0 aliphatic carbocycles. The number of nitrogens with zero attached hydrogens (tertiary/aromatic N) is 1. The molecule has 11 heteroatoms. The SMILES string of the molecule is Cc1ccc(/C=C(\NC(=O)c2ccccc2)C(=O)Nc2cccc(SCC(=O)Nc3nc(-c4ccc(Cl)c(Cl)c4)cs3)c2)cc1. The number of carbonyl (C=O) groups is 3. The molecular formula is C34H26Cl2N4O3S2. The Morgan fingerprint density at radius 2 is 1.64 bits per heavy atom. The van der Waals surface area contributed by atoms with Gasteiger partial charge in [0, 0.05) is 27.1 Å². The number of thioether (sulfide) groups is 1. The summed E-state index contributed by atoms with van der Waals surface area (Å²) in [6, 6.07) is 28.7. The van der Waals surface area contributed by atoms with Gasteiger partial charge in [0.15, 0.2) is 5.13 Å². The van der Waals surface area contributed by atoms with Gasteiger partial charge in [-0.2, -0.15) is 0 Å². The second-order valence-electron chi connectivity index (χ2n) is 9.77. The number of thiazole rings is 1. The minimum atomic E-state index is -0.485. The van der Waals surface area contributed by atoms with Crippen LogP contribution in [0.5, 0.6) is 0 Å². The van der Waals surface area contributed by atoms with Gasteiger partial charge in [0.2, 0.25) is 5.91 Å². The summed E-state index contributed by atoms with van der Waals surface area (Å²) in [5, 5.41) is 11.6. The number of benzene rings is 4. The molecule has 1 aromatic heterocycles. The van der Waals surface area contributed by atoms with E-state index < -0.39 is 11.8 Å². The molecule has 0 spiro atoms. The molecule has 0 unspecified atom stereocenters. The zero-order valence-corrected chi connectivity index (χ0v) is 27.0. The second-order valence-corrected chi connectivity index (χ2v) is 12.5. The fraction of sp³-hybridized carbons (Fsp3) is 0.0588. The third kappa shape index (κ3) is 9.06. The van der Waals surface area contributed by atoms with Crippen molar-refractivity contribution in [3.63, 3.8) is 0 Å². The third-order valence-electron chi connectivity index (χ3n) is 6.34. The Kier molecular flexibility index (Phi) is 10.7. The second kappa shape index (κ2) is 15.0. The molecule has 0 atom stereocenters. The van der Waals surface area contributed by atoms with Crippen molar-refractivity contribution in [1.29, 1.82) is 0 Å². The highest BCUT2D eigenvalue weighted by atomic mass is 35.5. The van der Waals surface area contributed by atoms with Crippen LogP contribution in [0.4, 0.5) is 10.8 Å². The van der Waals surface area contributed by atoms with Gasteiger partial charge in [-0.1, -0.05) is 83.4 Å². The van der Waals surface area contributed by atoms with E-state index in [1.165, 1.54) is 23.1 Å². The maximum Gasteiger partial charge on any atom is 0.272 e. The zero-order valence-electron chi connectivity index (χ0n) is 23.8. The minimum Gasteiger partial charge on any atom is -0.321 e. The van der Waals surface area contributed by atoms with Crippen LogP contribution in [0.1, 0.15) is 21.5 Å². The molecule has 0 saturated heterocycles. The summed E-state index contributed by atoms with van der Waals surface area (Å²) in [5.41, 5.74) is 4.36. The number of anilines is 2. The summed E-state index contributed by atoms with van der Waals surface area (Å²) in [6.07, 6.45) is 1.63. The van der Waals surface area contributed by atoms with Crippen LogP contribution in [0.25, 0.3) is 17.3 Å². The molecule has 0 aliphatic rings. The Morgan fingerprint density at radius 3 is 2.40 bits per heavy atom. The number of nitrogens with one attached hydrogen (secondary N) is 3. The first-order chi connectivity index (χ1) is 21.7. The molecule has 226 valence electrons. The first-order valence-corrected chi connectivity index (χ1v) is 16.3. The summed E-state index contributed by atoms with van der Waals surface area (Å²) >= 11 is 14.7. The first kappa shape index (κ1) is 32.0. The van der Waals surface area contributed by atoms with Crippen molar-refractivity contribution in [2.45, 2.75) is 11.8 Å². The maximum absolute atomic E-state index is 13.4. The molecule has 45 heavy (non-hydrogen) atoms. The molecule has 0 bridgehead atoms. The van der Waals surface area contributed by atoms with Crippen LogP contribution in [0.3, 0.4) is 0 Å². The van der Waals surface area contributed by atoms with Gasteiger partial charge in [0.25, 0.3) is 11.8 Å². The van der Waals surface area contributed by atoms with Crippen molar-refractivity contribution in [1.82, 2.24) is 10.3 Å². The monoisotopic (exact) mass is 672 g/mol. The predicted octanol–water partition coefficient (Wildman–Crippen LogP) is 8.57. The number of aromatic nitrogens is 1. The fourth-order valence-corrected chi connectivity index (χ4v) is 5.85. The van der Waals surface area contributed by atoms with Gasteiger partial charge in [-0.25, -0.2) is 4.98 Å². The van der Waals surface area contributed by atoms with Gasteiger partial charge in [0.1, 0.15) is 5.70 Å². The molecule has 0 aliphatic heterocycles. The number of hydrogen-bond acceptors (Lipinski definition) is 6. The maximum atomic E-state index is 13.4. The van der Waals surface area contributed by atoms with Crippen LogP contribution < -0.4 is 16.0 Å². The van der Waals surface area contributed by atoms with Crippen LogP contribution >= 0.6 is 46.3 Å². The van der Waals surface area contributed by atoms with Crippen LogP contribution in [0, 0.1) is 6.92 Å². The Morgan fingerprint density at radius 1 is 0.867 bits per heavy atom. The van der Waals surface area contributed by atoms with Gasteiger partial charge >= 0.3 is 0 Å². The average molecular weight is 674 g/mol. The smallest absolute Gasteiger partial charge is 0.272 e. The van der Waals surface area contributed by atoms with E-state index in [4.69, 9.17) is 23.2 Å². The van der Waals surface area contributed by atoms with Crippen molar-refractivity contribution < 1.29 is 14.4 Å². The molecule has 0 fully saturated rings. The molecule has 4 aromatic carbocycles. The number of aryl methyl sites for hydroxylation is 1. The van der Waals surface area contributed by atoms with Gasteiger partial charge in [-0.05, 0) is 61.0 Å². The summed E-state index contributed by atoms with van der Waals surface area (Å²) < 4.78 is 0. The third-order valence-corrected chi connectivity index (χ3v) is 8.84. The number of rotatable bonds is 10. The van der Waals surface area contributed by atoms with E-state index in [0.29, 0.717) is 32.1 Å². The van der Waals surface area contributed by atoms with E-state index in [0.717, 1.165) is 21.6 Å². The summed E-state index contributed by atoms with van der Waals surface area (Å²) in [6.45, 7) is 1.97. The topological polar surface area (TPSA) is 100 Å². The lowest BCUT2D eigenvalue weighted by atomic mass is 10.1. The van der Waals surface area contributed by atoms with Gasteiger partial charge in [-0.15, -0.1) is 23.1 Å². The van der Waals surface area contributed by atoms with E-state index in [-0.39, 0.29) is 17.4 Å². The van der Waals surface area contributed by atoms with Crippen molar-refractivity contribution in [3.05, 3.63) is 135 Å². The largest absolute Gasteiger partial charge is 0.321 e. The number of halogens is 2. The number of hydrogen-bond donors (Lipinski definition) is 3. The van der Waals surface area contributed by atoms with Crippen molar-refractivity contribution in [2.24, 2.45) is 0 Å². The molecule has 5 rings (SSSR count). The molecule has 5 aromatic rings. The molecule has 7 nitrogen and oxygen atoms in total. The van der Waals surface area contributed by atoms with Crippen LogP contribution in [0.15, 0.2) is 113 Å². The number of carbonyl (C=O) groups excluding carboxylic acids is 3. The van der Waals surface area contributed by atoms with Gasteiger partial charge < -0.3 is 16.0 Å². The molecule has 0 radical (unpaired) electrons. The van der Waals surface area contributed by atoms with Crippen molar-refractivity contribution in [2.75, 3.05) is 16.4 Å². The van der Waals surface area contributed by atoms with E-state index in [1.54, 1.807) is 60.7 Å². The van der Waals surface area contributed by atoms with Gasteiger partial charge in [-0.3, -0.25) is 14.4 Å². The Bertz CT molecular complexity index is 1880. The van der Waals surface area contributed by atoms with Gasteiger partial charge in [0.05, 0.1) is 21.5 Å². The zero-order chi connectivity index (χ0) is 31.8. The highest BCUT2D eigenvalue weighted by Gasteiger charge is 2.16. The molecule has 3 amide bonds. The standard InChI is InChI=1S/C34H26Cl2N4O3S2/c1-21-10-12-22(13-11-21)16-29(38-32(42)23-6-3-2-4-7-23)33(43)37-25-8-5-9-26(18-25)44-20-31(41)40-34-39-30(19-45-34)24-14-15-27(35)28(36)17-24/h2-19H,20H2,1H3,(H,37,43)(H,38,42)(H,39,40,41)/b29-16-. The normalized spacial score (nSPS) is 11.1. The summed E-state index contributed by atoms with van der Waals surface area (Å²) in [4.78, 5) is 44.2. The van der Waals surface area contributed by atoms with Crippen molar-refractivity contribution >= 4 is 80.9 Å². The van der Waals surface area contributed by atoms with E-state index in [2.05, 4.69) is 20.9 Å². The van der Waals surface area contributed by atoms with Crippen LogP contribution in [0.2, 0.25) is 10.0 Å². The van der Waals surface area contributed by atoms with E-state index in [1.807, 2.05) is 54.8 Å². The molecular weight excluding hydrogens is 647 g/mol. The van der Waals surface area contributed by atoms with E-state index in [9.17, 15) is 14.4 Å². The fourth-order valence-electron chi connectivity index (χ4n) is 4.06. The Balaban J connectivity index is 1.22. The lowest BCUT2D eigenvalue weighted by molar-refractivity contribution is -0.114. The Labute approximate surface area is 278 Å². The minimum absolute atomic E-state index is 0.0915. The highest BCUT2D eigenvalue weighted by Crippen LogP contribution is 2.31. The number of amides is 3. The van der Waals surface area contributed by atoms with E-state index >= 15 is 0 Å². The average Bonchev–Trinajstić information content (AvgIpc) is 3.51. The first-order valence-electron chi connectivity index (χ1n) is 13.6. The van der Waals surface area contributed by atoms with Crippen molar-refractivity contribution in [3.8, 4) is 11.3 Å². The lowest BCUT2D eigenvalue weighted by Gasteiger charge is -2.12. The predicted molar refractivity (Wildman–Crippen MR) is 185 cm³/mol. The highest BCUT2D eigenvalue weighted by molar-refractivity contribution is 8.00.